The average molecular weight is 219 g/mol. The molecule has 16 heavy (non-hydrogen) atoms. The van der Waals surface area contributed by atoms with E-state index in [1.165, 1.54) is 17.5 Å². The average Bonchev–Trinajstić information content (AvgIpc) is 2.81. The van der Waals surface area contributed by atoms with E-state index in [-0.39, 0.29) is 0 Å². The fraction of sp³-hybridized carbons (Fsp3) is 0.571. The monoisotopic (exact) mass is 219 g/mol. The summed E-state index contributed by atoms with van der Waals surface area (Å²) in [5, 5.41) is 3.42. The predicted octanol–water partition coefficient (Wildman–Crippen LogP) is 2.90. The van der Waals surface area contributed by atoms with Gasteiger partial charge in [-0.1, -0.05) is 26.0 Å². The SMILES string of the molecule is COc1ccc(C2CCNC2)cc1C(C)C. The molecule has 0 aliphatic carbocycles. The van der Waals surface area contributed by atoms with Crippen molar-refractivity contribution in [1.82, 2.24) is 5.32 Å². The van der Waals surface area contributed by atoms with Crippen molar-refractivity contribution in [3.63, 3.8) is 0 Å². The molecule has 0 bridgehead atoms. The number of hydrogen-bond acceptors (Lipinski definition) is 2. The molecule has 1 heterocycles. The highest BCUT2D eigenvalue weighted by molar-refractivity contribution is 5.40. The third-order valence-electron chi connectivity index (χ3n) is 3.41. The predicted molar refractivity (Wildman–Crippen MR) is 67.3 cm³/mol. The van der Waals surface area contributed by atoms with E-state index >= 15 is 0 Å². The molecule has 2 heteroatoms. The summed E-state index contributed by atoms with van der Waals surface area (Å²) in [6, 6.07) is 6.65. The number of methoxy groups -OCH3 is 1. The van der Waals surface area contributed by atoms with Gasteiger partial charge in [0.05, 0.1) is 7.11 Å². The van der Waals surface area contributed by atoms with Crippen LogP contribution < -0.4 is 10.1 Å². The summed E-state index contributed by atoms with van der Waals surface area (Å²) in [4.78, 5) is 0. The Morgan fingerprint density at radius 2 is 2.19 bits per heavy atom. The van der Waals surface area contributed by atoms with Crippen LogP contribution in [0.25, 0.3) is 0 Å². The molecular formula is C14H21NO. The van der Waals surface area contributed by atoms with E-state index in [9.17, 15) is 0 Å². The molecule has 1 unspecified atom stereocenters. The number of ether oxygens (including phenoxy) is 1. The molecule has 1 saturated heterocycles. The second-order valence-electron chi connectivity index (χ2n) is 4.85. The first-order chi connectivity index (χ1) is 7.72. The largest absolute Gasteiger partial charge is 0.496 e. The van der Waals surface area contributed by atoms with Gasteiger partial charge in [-0.25, -0.2) is 0 Å². The molecule has 88 valence electrons. The number of hydrogen-bond donors (Lipinski definition) is 1. The minimum absolute atomic E-state index is 0.518. The van der Waals surface area contributed by atoms with Crippen molar-refractivity contribution in [3.8, 4) is 5.75 Å². The van der Waals surface area contributed by atoms with Crippen LogP contribution >= 0.6 is 0 Å². The van der Waals surface area contributed by atoms with Crippen LogP contribution in [0.3, 0.4) is 0 Å². The zero-order valence-electron chi connectivity index (χ0n) is 10.4. The van der Waals surface area contributed by atoms with Crippen LogP contribution in [0.5, 0.6) is 5.75 Å². The summed E-state index contributed by atoms with van der Waals surface area (Å²) in [7, 11) is 1.75. The van der Waals surface area contributed by atoms with Crippen LogP contribution in [0.15, 0.2) is 18.2 Å². The van der Waals surface area contributed by atoms with E-state index in [1.54, 1.807) is 7.11 Å². The highest BCUT2D eigenvalue weighted by Crippen LogP contribution is 2.31. The van der Waals surface area contributed by atoms with Crippen molar-refractivity contribution in [2.75, 3.05) is 20.2 Å². The highest BCUT2D eigenvalue weighted by atomic mass is 16.5. The minimum Gasteiger partial charge on any atom is -0.496 e. The van der Waals surface area contributed by atoms with Crippen molar-refractivity contribution in [3.05, 3.63) is 29.3 Å². The molecule has 0 amide bonds. The summed E-state index contributed by atoms with van der Waals surface area (Å²) < 4.78 is 5.41. The lowest BCUT2D eigenvalue weighted by molar-refractivity contribution is 0.407. The van der Waals surface area contributed by atoms with Gasteiger partial charge in [0.1, 0.15) is 5.75 Å². The first-order valence-electron chi connectivity index (χ1n) is 6.11. The Bertz CT molecular complexity index is 354. The van der Waals surface area contributed by atoms with E-state index in [0.717, 1.165) is 18.8 Å². The molecule has 1 aliphatic rings. The second kappa shape index (κ2) is 4.88. The van der Waals surface area contributed by atoms with Crippen LogP contribution in [0.4, 0.5) is 0 Å². The van der Waals surface area contributed by atoms with Crippen LogP contribution in [0.1, 0.15) is 43.2 Å². The highest BCUT2D eigenvalue weighted by Gasteiger charge is 2.18. The maximum Gasteiger partial charge on any atom is 0.122 e. The molecule has 1 aromatic rings. The minimum atomic E-state index is 0.518. The molecule has 1 atom stereocenters. The normalized spacial score (nSPS) is 20.4. The van der Waals surface area contributed by atoms with Crippen LogP contribution in [0.2, 0.25) is 0 Å². The van der Waals surface area contributed by atoms with Crippen molar-refractivity contribution in [2.45, 2.75) is 32.1 Å². The molecule has 1 N–H and O–H groups in total. The molecule has 2 nitrogen and oxygen atoms in total. The van der Waals surface area contributed by atoms with Gasteiger partial charge < -0.3 is 10.1 Å². The maximum absolute atomic E-state index is 5.41. The molecule has 0 aromatic heterocycles. The van der Waals surface area contributed by atoms with Gasteiger partial charge in [-0.05, 0) is 42.0 Å². The molecule has 1 fully saturated rings. The molecular weight excluding hydrogens is 198 g/mol. The smallest absolute Gasteiger partial charge is 0.122 e. The van der Waals surface area contributed by atoms with E-state index < -0.39 is 0 Å². The van der Waals surface area contributed by atoms with Gasteiger partial charge in [0, 0.05) is 6.54 Å². The summed E-state index contributed by atoms with van der Waals surface area (Å²) >= 11 is 0. The summed E-state index contributed by atoms with van der Waals surface area (Å²) in [5.41, 5.74) is 2.78. The van der Waals surface area contributed by atoms with E-state index in [4.69, 9.17) is 4.74 Å². The van der Waals surface area contributed by atoms with Gasteiger partial charge in [-0.15, -0.1) is 0 Å². The third-order valence-corrected chi connectivity index (χ3v) is 3.41. The first kappa shape index (κ1) is 11.5. The van der Waals surface area contributed by atoms with Crippen molar-refractivity contribution < 1.29 is 4.74 Å². The Kier molecular flexibility index (Phi) is 3.49. The Morgan fingerprint density at radius 3 is 2.75 bits per heavy atom. The van der Waals surface area contributed by atoms with Gasteiger partial charge in [-0.2, -0.15) is 0 Å². The number of benzene rings is 1. The molecule has 0 saturated carbocycles. The topological polar surface area (TPSA) is 21.3 Å². The third kappa shape index (κ3) is 2.22. The molecule has 1 aromatic carbocycles. The second-order valence-corrected chi connectivity index (χ2v) is 4.85. The first-order valence-corrected chi connectivity index (χ1v) is 6.11. The Balaban J connectivity index is 2.30. The maximum atomic E-state index is 5.41. The van der Waals surface area contributed by atoms with Crippen LogP contribution in [-0.4, -0.2) is 20.2 Å². The van der Waals surface area contributed by atoms with Crippen LogP contribution in [-0.2, 0) is 0 Å². The van der Waals surface area contributed by atoms with Gasteiger partial charge in [-0.3, -0.25) is 0 Å². The van der Waals surface area contributed by atoms with Crippen molar-refractivity contribution in [1.29, 1.82) is 0 Å². The Morgan fingerprint density at radius 1 is 1.38 bits per heavy atom. The number of nitrogens with one attached hydrogen (secondary N) is 1. The van der Waals surface area contributed by atoms with Crippen molar-refractivity contribution >= 4 is 0 Å². The molecule has 0 radical (unpaired) electrons. The standard InChI is InChI=1S/C14H21NO/c1-10(2)13-8-11(4-5-14(13)16-3)12-6-7-15-9-12/h4-5,8,10,12,15H,6-7,9H2,1-3H3. The summed E-state index contributed by atoms with van der Waals surface area (Å²) in [5.74, 6) is 2.22. The van der Waals surface area contributed by atoms with E-state index in [1.807, 2.05) is 0 Å². The van der Waals surface area contributed by atoms with Crippen LogP contribution in [0, 0.1) is 0 Å². The lowest BCUT2D eigenvalue weighted by Gasteiger charge is -2.16. The summed E-state index contributed by atoms with van der Waals surface area (Å²) in [6.45, 7) is 6.70. The molecule has 0 spiro atoms. The Labute approximate surface area is 98.0 Å². The van der Waals surface area contributed by atoms with E-state index in [2.05, 4.69) is 37.4 Å². The molecule has 2 rings (SSSR count). The molecule has 1 aliphatic heterocycles. The zero-order chi connectivity index (χ0) is 11.5. The lowest BCUT2D eigenvalue weighted by Crippen LogP contribution is -2.08. The number of rotatable bonds is 3. The van der Waals surface area contributed by atoms with Gasteiger partial charge >= 0.3 is 0 Å². The fourth-order valence-corrected chi connectivity index (χ4v) is 2.40. The van der Waals surface area contributed by atoms with E-state index in [0.29, 0.717) is 11.8 Å². The summed E-state index contributed by atoms with van der Waals surface area (Å²) in [6.07, 6.45) is 1.25. The quantitative estimate of drug-likeness (QED) is 0.844. The van der Waals surface area contributed by atoms with Gasteiger partial charge in [0.2, 0.25) is 0 Å². The van der Waals surface area contributed by atoms with Gasteiger partial charge in [0.15, 0.2) is 0 Å². The lowest BCUT2D eigenvalue weighted by atomic mass is 9.92. The fourth-order valence-electron chi connectivity index (χ4n) is 2.40. The Hall–Kier alpha value is -1.02. The zero-order valence-corrected chi connectivity index (χ0v) is 10.4. The van der Waals surface area contributed by atoms with Gasteiger partial charge in [0.25, 0.3) is 0 Å². The van der Waals surface area contributed by atoms with Crippen molar-refractivity contribution in [2.24, 2.45) is 0 Å².